The van der Waals surface area contributed by atoms with Crippen LogP contribution in [0.15, 0.2) is 30.3 Å². The van der Waals surface area contributed by atoms with Gasteiger partial charge in [-0.1, -0.05) is 31.5 Å². The van der Waals surface area contributed by atoms with Gasteiger partial charge in [-0.05, 0) is 45.7 Å². The Balaban J connectivity index is 2.44. The predicted molar refractivity (Wildman–Crippen MR) is 82.2 cm³/mol. The van der Waals surface area contributed by atoms with E-state index < -0.39 is 5.60 Å². The van der Waals surface area contributed by atoms with E-state index in [0.29, 0.717) is 0 Å². The lowest BCUT2D eigenvalue weighted by Gasteiger charge is -2.21. The first kappa shape index (κ1) is 14.6. The number of carbonyl (C=O) groups is 1. The maximum atomic E-state index is 12.5. The van der Waals surface area contributed by atoms with Crippen molar-refractivity contribution >= 4 is 17.0 Å². The van der Waals surface area contributed by atoms with E-state index in [-0.39, 0.29) is 6.09 Å². The summed E-state index contributed by atoms with van der Waals surface area (Å²) in [5.74, 6) is 0. The molecule has 0 aliphatic rings. The first-order chi connectivity index (χ1) is 9.42. The monoisotopic (exact) mass is 273 g/mol. The first-order valence-electron chi connectivity index (χ1n) is 7.25. The Labute approximate surface area is 120 Å². The lowest BCUT2D eigenvalue weighted by atomic mass is 10.2. The molecule has 0 fully saturated rings. The van der Waals surface area contributed by atoms with Crippen LogP contribution in [0.3, 0.4) is 0 Å². The molecule has 1 heterocycles. The van der Waals surface area contributed by atoms with E-state index in [4.69, 9.17) is 4.74 Å². The zero-order valence-electron chi connectivity index (χ0n) is 12.8. The van der Waals surface area contributed by atoms with Crippen LogP contribution in [0.2, 0.25) is 0 Å². The van der Waals surface area contributed by atoms with Gasteiger partial charge in [0.2, 0.25) is 0 Å². The minimum absolute atomic E-state index is 0.287. The average Bonchev–Trinajstić information content (AvgIpc) is 2.72. The molecule has 0 aliphatic carbocycles. The molecule has 20 heavy (non-hydrogen) atoms. The number of unbranched alkanes of at least 4 members (excludes halogenated alkanes) is 1. The standard InChI is InChI=1S/C17H23NO2/c1-5-6-10-14-12-13-9-7-8-11-15(13)18(14)16(19)20-17(2,3)4/h7-9,11-12H,5-6,10H2,1-4H3. The Hall–Kier alpha value is -1.77. The number of benzene rings is 1. The number of hydrogen-bond acceptors (Lipinski definition) is 2. The number of fused-ring (bicyclic) bond motifs is 1. The smallest absolute Gasteiger partial charge is 0.419 e. The van der Waals surface area contributed by atoms with E-state index >= 15 is 0 Å². The Morgan fingerprint density at radius 3 is 2.60 bits per heavy atom. The highest BCUT2D eigenvalue weighted by molar-refractivity contribution is 5.91. The molecule has 3 nitrogen and oxygen atoms in total. The molecule has 0 radical (unpaired) electrons. The molecule has 0 spiro atoms. The molecular weight excluding hydrogens is 250 g/mol. The molecule has 0 saturated heterocycles. The van der Waals surface area contributed by atoms with E-state index in [2.05, 4.69) is 13.0 Å². The van der Waals surface area contributed by atoms with Crippen molar-refractivity contribution in [2.45, 2.75) is 52.6 Å². The van der Waals surface area contributed by atoms with Gasteiger partial charge in [0.1, 0.15) is 5.60 Å². The number of ether oxygens (including phenoxy) is 1. The van der Waals surface area contributed by atoms with E-state index in [1.54, 1.807) is 4.57 Å². The van der Waals surface area contributed by atoms with Gasteiger partial charge in [-0.15, -0.1) is 0 Å². The fraction of sp³-hybridized carbons (Fsp3) is 0.471. The fourth-order valence-electron chi connectivity index (χ4n) is 2.28. The van der Waals surface area contributed by atoms with Crippen molar-refractivity contribution in [2.75, 3.05) is 0 Å². The Morgan fingerprint density at radius 2 is 1.95 bits per heavy atom. The maximum absolute atomic E-state index is 12.5. The van der Waals surface area contributed by atoms with Gasteiger partial charge in [-0.25, -0.2) is 9.36 Å². The summed E-state index contributed by atoms with van der Waals surface area (Å²) in [6.07, 6.45) is 2.78. The van der Waals surface area contributed by atoms with Crippen molar-refractivity contribution in [3.8, 4) is 0 Å². The molecule has 1 aromatic carbocycles. The maximum Gasteiger partial charge on any atom is 0.419 e. The summed E-state index contributed by atoms with van der Waals surface area (Å²) in [6, 6.07) is 10.0. The normalized spacial score (nSPS) is 11.8. The van der Waals surface area contributed by atoms with Gasteiger partial charge in [-0.2, -0.15) is 0 Å². The average molecular weight is 273 g/mol. The fourth-order valence-corrected chi connectivity index (χ4v) is 2.28. The number of carbonyl (C=O) groups excluding carboxylic acids is 1. The van der Waals surface area contributed by atoms with E-state index in [1.165, 1.54) is 0 Å². The van der Waals surface area contributed by atoms with E-state index in [9.17, 15) is 4.79 Å². The highest BCUT2D eigenvalue weighted by atomic mass is 16.6. The largest absolute Gasteiger partial charge is 0.443 e. The number of para-hydroxylation sites is 1. The second-order valence-electron chi connectivity index (χ2n) is 6.11. The van der Waals surface area contributed by atoms with E-state index in [1.807, 2.05) is 45.0 Å². The quantitative estimate of drug-likeness (QED) is 0.806. The summed E-state index contributed by atoms with van der Waals surface area (Å²) < 4.78 is 7.25. The van der Waals surface area contributed by atoms with E-state index in [0.717, 1.165) is 35.9 Å². The summed E-state index contributed by atoms with van der Waals surface area (Å²) in [5, 5.41) is 1.09. The zero-order chi connectivity index (χ0) is 14.8. The third kappa shape index (κ3) is 3.21. The molecule has 0 saturated carbocycles. The van der Waals surface area contributed by atoms with Crippen LogP contribution in [0.5, 0.6) is 0 Å². The van der Waals surface area contributed by atoms with Crippen LogP contribution in [0.1, 0.15) is 46.2 Å². The first-order valence-corrected chi connectivity index (χ1v) is 7.25. The summed E-state index contributed by atoms with van der Waals surface area (Å²) in [7, 11) is 0. The van der Waals surface area contributed by atoms with Crippen LogP contribution in [0.25, 0.3) is 10.9 Å². The van der Waals surface area contributed by atoms with Crippen LogP contribution >= 0.6 is 0 Å². The third-order valence-corrected chi connectivity index (χ3v) is 3.15. The lowest BCUT2D eigenvalue weighted by Crippen LogP contribution is -2.28. The van der Waals surface area contributed by atoms with Crippen LogP contribution in [0.4, 0.5) is 4.79 Å². The van der Waals surface area contributed by atoms with Gasteiger partial charge in [-0.3, -0.25) is 0 Å². The minimum Gasteiger partial charge on any atom is -0.443 e. The molecule has 1 aromatic heterocycles. The van der Waals surface area contributed by atoms with Gasteiger partial charge >= 0.3 is 6.09 Å². The molecular formula is C17H23NO2. The number of aromatic nitrogens is 1. The van der Waals surface area contributed by atoms with Crippen molar-refractivity contribution in [2.24, 2.45) is 0 Å². The topological polar surface area (TPSA) is 31.2 Å². The Kier molecular flexibility index (Phi) is 4.17. The van der Waals surface area contributed by atoms with Gasteiger partial charge in [0.05, 0.1) is 5.52 Å². The lowest BCUT2D eigenvalue weighted by molar-refractivity contribution is 0.0540. The number of hydrogen-bond donors (Lipinski definition) is 0. The number of rotatable bonds is 3. The second-order valence-corrected chi connectivity index (χ2v) is 6.11. The van der Waals surface area contributed by atoms with Crippen LogP contribution in [-0.4, -0.2) is 16.3 Å². The molecule has 3 heteroatoms. The zero-order valence-corrected chi connectivity index (χ0v) is 12.8. The van der Waals surface area contributed by atoms with Crippen molar-refractivity contribution in [3.63, 3.8) is 0 Å². The number of nitrogens with zero attached hydrogens (tertiary/aromatic N) is 1. The molecule has 0 aliphatic heterocycles. The summed E-state index contributed by atoms with van der Waals surface area (Å²) >= 11 is 0. The number of aryl methyl sites for hydroxylation is 1. The van der Waals surface area contributed by atoms with Crippen molar-refractivity contribution in [3.05, 3.63) is 36.0 Å². The van der Waals surface area contributed by atoms with Crippen molar-refractivity contribution < 1.29 is 9.53 Å². The molecule has 0 amide bonds. The van der Waals surface area contributed by atoms with Crippen molar-refractivity contribution in [1.29, 1.82) is 0 Å². The molecule has 0 unspecified atom stereocenters. The Bertz CT molecular complexity index is 605. The van der Waals surface area contributed by atoms with Gasteiger partial charge in [0.25, 0.3) is 0 Å². The van der Waals surface area contributed by atoms with Crippen LogP contribution < -0.4 is 0 Å². The molecule has 108 valence electrons. The Morgan fingerprint density at radius 1 is 1.25 bits per heavy atom. The molecule has 2 rings (SSSR count). The van der Waals surface area contributed by atoms with Gasteiger partial charge in [0.15, 0.2) is 0 Å². The van der Waals surface area contributed by atoms with Gasteiger partial charge < -0.3 is 4.74 Å². The van der Waals surface area contributed by atoms with Crippen LogP contribution in [0, 0.1) is 0 Å². The molecule has 0 bridgehead atoms. The minimum atomic E-state index is -0.482. The molecule has 0 atom stereocenters. The van der Waals surface area contributed by atoms with Crippen molar-refractivity contribution in [1.82, 2.24) is 4.57 Å². The van der Waals surface area contributed by atoms with Gasteiger partial charge in [0, 0.05) is 11.1 Å². The highest BCUT2D eigenvalue weighted by Crippen LogP contribution is 2.23. The predicted octanol–water partition coefficient (Wildman–Crippen LogP) is 4.77. The highest BCUT2D eigenvalue weighted by Gasteiger charge is 2.21. The SMILES string of the molecule is CCCCc1cc2ccccc2n1C(=O)OC(C)(C)C. The molecule has 2 aromatic rings. The summed E-state index contributed by atoms with van der Waals surface area (Å²) in [6.45, 7) is 7.83. The summed E-state index contributed by atoms with van der Waals surface area (Å²) in [5.41, 5.74) is 1.47. The second kappa shape index (κ2) is 5.70. The third-order valence-electron chi connectivity index (χ3n) is 3.15. The van der Waals surface area contributed by atoms with Crippen LogP contribution in [-0.2, 0) is 11.2 Å². The summed E-state index contributed by atoms with van der Waals surface area (Å²) in [4.78, 5) is 12.5. The molecule has 0 N–H and O–H groups in total.